The van der Waals surface area contributed by atoms with Crippen LogP contribution in [0.1, 0.15) is 51.5 Å². The van der Waals surface area contributed by atoms with Crippen LogP contribution < -0.4 is 10.1 Å². The fourth-order valence-electron chi connectivity index (χ4n) is 4.60. The molecule has 0 radical (unpaired) electrons. The van der Waals surface area contributed by atoms with Gasteiger partial charge in [-0.05, 0) is 32.8 Å². The van der Waals surface area contributed by atoms with Crippen LogP contribution in [0.4, 0.5) is 0 Å². The summed E-state index contributed by atoms with van der Waals surface area (Å²) in [6.45, 7) is 7.50. The summed E-state index contributed by atoms with van der Waals surface area (Å²) in [4.78, 5) is 15.5. The van der Waals surface area contributed by atoms with Crippen molar-refractivity contribution in [1.82, 2.24) is 10.2 Å². The second-order valence-electron chi connectivity index (χ2n) is 8.08. The van der Waals surface area contributed by atoms with Crippen LogP contribution in [0.5, 0.6) is 5.75 Å². The molecule has 2 aliphatic rings. The number of hydrogen-bond donors (Lipinski definition) is 1. The Bertz CT molecular complexity index is 617. The predicted molar refractivity (Wildman–Crippen MR) is 102 cm³/mol. The first-order valence-electron chi connectivity index (χ1n) is 9.74. The van der Waals surface area contributed by atoms with Gasteiger partial charge in [0.2, 0.25) is 5.91 Å². The van der Waals surface area contributed by atoms with Gasteiger partial charge in [0.25, 0.3) is 0 Å². The van der Waals surface area contributed by atoms with Crippen LogP contribution in [0, 0.1) is 0 Å². The Balaban J connectivity index is 1.72. The predicted octanol–water partition coefficient (Wildman–Crippen LogP) is 3.08. The minimum atomic E-state index is -0.478. The first-order valence-corrected chi connectivity index (χ1v) is 9.74. The number of hydrogen-bond acceptors (Lipinski definition) is 4. The van der Waals surface area contributed by atoms with E-state index in [1.54, 1.807) is 7.11 Å². The van der Waals surface area contributed by atoms with Crippen molar-refractivity contribution in [2.45, 2.75) is 57.0 Å². The molecular weight excluding hydrogens is 328 g/mol. The Labute approximate surface area is 157 Å². The monoisotopic (exact) mass is 360 g/mol. The molecule has 5 heteroatoms. The van der Waals surface area contributed by atoms with Gasteiger partial charge < -0.3 is 14.8 Å². The highest BCUT2D eigenvalue weighted by Crippen LogP contribution is 2.39. The third-order valence-electron chi connectivity index (χ3n) is 5.94. The number of nitrogens with one attached hydrogen (secondary N) is 1. The quantitative estimate of drug-likeness (QED) is 0.847. The molecule has 1 aromatic rings. The topological polar surface area (TPSA) is 50.8 Å². The van der Waals surface area contributed by atoms with Gasteiger partial charge in [-0.2, -0.15) is 0 Å². The number of para-hydroxylation sites is 1. The first-order chi connectivity index (χ1) is 12.5. The van der Waals surface area contributed by atoms with Crippen LogP contribution in [-0.4, -0.2) is 49.8 Å². The highest BCUT2D eigenvalue weighted by Gasteiger charge is 2.42. The van der Waals surface area contributed by atoms with Gasteiger partial charge in [0.15, 0.2) is 0 Å². The Morgan fingerprint density at radius 1 is 1.23 bits per heavy atom. The number of nitrogens with zero attached hydrogens (tertiary/aromatic N) is 1. The number of morpholine rings is 1. The van der Waals surface area contributed by atoms with E-state index < -0.39 is 5.54 Å². The number of methoxy groups -OCH3 is 1. The van der Waals surface area contributed by atoms with Crippen LogP contribution in [-0.2, 0) is 15.1 Å². The lowest BCUT2D eigenvalue weighted by Gasteiger charge is -2.43. The summed E-state index contributed by atoms with van der Waals surface area (Å²) in [7, 11) is 1.67. The molecule has 1 saturated heterocycles. The lowest BCUT2D eigenvalue weighted by atomic mass is 9.88. The molecule has 2 fully saturated rings. The van der Waals surface area contributed by atoms with Gasteiger partial charge in [-0.15, -0.1) is 0 Å². The van der Waals surface area contributed by atoms with Crippen LogP contribution in [0.25, 0.3) is 0 Å². The lowest BCUT2D eigenvalue weighted by molar-refractivity contribution is -0.127. The van der Waals surface area contributed by atoms with Crippen molar-refractivity contribution >= 4 is 5.91 Å². The average Bonchev–Trinajstić information content (AvgIpc) is 3.11. The third kappa shape index (κ3) is 4.04. The molecule has 3 rings (SSSR count). The minimum Gasteiger partial charge on any atom is -0.496 e. The molecule has 0 aromatic heterocycles. The van der Waals surface area contributed by atoms with Crippen molar-refractivity contribution in [3.8, 4) is 5.75 Å². The molecule has 144 valence electrons. The maximum atomic E-state index is 13.0. The third-order valence-corrected chi connectivity index (χ3v) is 5.94. The Kier molecular flexibility index (Phi) is 5.88. The van der Waals surface area contributed by atoms with Crippen molar-refractivity contribution in [2.24, 2.45) is 0 Å². The maximum Gasteiger partial charge on any atom is 0.222 e. The number of benzene rings is 1. The number of amides is 1. The Morgan fingerprint density at radius 3 is 2.54 bits per heavy atom. The van der Waals surface area contributed by atoms with E-state index >= 15 is 0 Å². The summed E-state index contributed by atoms with van der Waals surface area (Å²) >= 11 is 0. The summed E-state index contributed by atoms with van der Waals surface area (Å²) in [5.41, 5.74) is 0.529. The molecular formula is C21H32N2O3. The molecule has 0 bridgehead atoms. The van der Waals surface area contributed by atoms with E-state index in [-0.39, 0.29) is 11.4 Å². The van der Waals surface area contributed by atoms with Crippen molar-refractivity contribution in [3.05, 3.63) is 29.8 Å². The molecule has 0 spiro atoms. The minimum absolute atomic E-state index is 0.00468. The van der Waals surface area contributed by atoms with Crippen molar-refractivity contribution in [3.63, 3.8) is 0 Å². The van der Waals surface area contributed by atoms with Gasteiger partial charge in [-0.3, -0.25) is 9.69 Å². The van der Waals surface area contributed by atoms with E-state index in [1.807, 2.05) is 38.1 Å². The summed E-state index contributed by atoms with van der Waals surface area (Å²) in [5, 5.41) is 3.26. The number of rotatable bonds is 6. The average molecular weight is 360 g/mol. The fraction of sp³-hybridized carbons (Fsp3) is 0.667. The largest absolute Gasteiger partial charge is 0.496 e. The molecule has 1 aliphatic carbocycles. The van der Waals surface area contributed by atoms with Gasteiger partial charge in [-0.1, -0.05) is 31.0 Å². The van der Waals surface area contributed by atoms with E-state index in [9.17, 15) is 4.79 Å². The molecule has 1 aromatic carbocycles. The Hall–Kier alpha value is -1.59. The van der Waals surface area contributed by atoms with Crippen LogP contribution >= 0.6 is 0 Å². The summed E-state index contributed by atoms with van der Waals surface area (Å²) in [6.07, 6.45) is 5.19. The van der Waals surface area contributed by atoms with Crippen molar-refractivity contribution in [2.75, 3.05) is 33.4 Å². The van der Waals surface area contributed by atoms with Gasteiger partial charge in [-0.25, -0.2) is 0 Å². The van der Waals surface area contributed by atoms with E-state index in [0.717, 1.165) is 50.5 Å². The zero-order chi connectivity index (χ0) is 18.6. The van der Waals surface area contributed by atoms with Gasteiger partial charge in [0.05, 0.1) is 25.9 Å². The molecule has 5 nitrogen and oxygen atoms in total. The Morgan fingerprint density at radius 2 is 1.88 bits per heavy atom. The number of carbonyl (C=O) groups excluding carboxylic acids is 1. The van der Waals surface area contributed by atoms with Gasteiger partial charge >= 0.3 is 0 Å². The van der Waals surface area contributed by atoms with Crippen molar-refractivity contribution < 1.29 is 14.3 Å². The van der Waals surface area contributed by atoms with Gasteiger partial charge in [0.1, 0.15) is 5.75 Å². The SMILES string of the molecule is COc1ccccc1C(C)(C)NC(=O)CC1(N2CCOCC2)CCCC1. The summed E-state index contributed by atoms with van der Waals surface area (Å²) in [6, 6.07) is 7.89. The molecule has 1 amide bonds. The first kappa shape index (κ1) is 19.2. The normalized spacial score (nSPS) is 20.7. The van der Waals surface area contributed by atoms with E-state index in [4.69, 9.17) is 9.47 Å². The van der Waals surface area contributed by atoms with Crippen LogP contribution in [0.15, 0.2) is 24.3 Å². The molecule has 26 heavy (non-hydrogen) atoms. The molecule has 1 heterocycles. The molecule has 0 atom stereocenters. The zero-order valence-corrected chi connectivity index (χ0v) is 16.3. The van der Waals surface area contributed by atoms with Crippen molar-refractivity contribution in [1.29, 1.82) is 0 Å². The van der Waals surface area contributed by atoms with E-state index in [1.165, 1.54) is 12.8 Å². The summed E-state index contributed by atoms with van der Waals surface area (Å²) in [5.74, 6) is 0.927. The highest BCUT2D eigenvalue weighted by atomic mass is 16.5. The zero-order valence-electron chi connectivity index (χ0n) is 16.3. The second kappa shape index (κ2) is 7.97. The molecule has 1 N–H and O–H groups in total. The van der Waals surface area contributed by atoms with Crippen LogP contribution in [0.3, 0.4) is 0 Å². The lowest BCUT2D eigenvalue weighted by Crippen LogP contribution is -2.55. The van der Waals surface area contributed by atoms with E-state index in [0.29, 0.717) is 6.42 Å². The smallest absolute Gasteiger partial charge is 0.222 e. The van der Waals surface area contributed by atoms with Crippen LogP contribution in [0.2, 0.25) is 0 Å². The fourth-order valence-corrected chi connectivity index (χ4v) is 4.60. The second-order valence-corrected chi connectivity index (χ2v) is 8.08. The summed E-state index contributed by atoms with van der Waals surface area (Å²) < 4.78 is 11.0. The molecule has 1 saturated carbocycles. The maximum absolute atomic E-state index is 13.0. The highest BCUT2D eigenvalue weighted by molar-refractivity contribution is 5.78. The molecule has 1 aliphatic heterocycles. The number of carbonyl (C=O) groups is 1. The number of ether oxygens (including phenoxy) is 2. The van der Waals surface area contributed by atoms with E-state index in [2.05, 4.69) is 10.2 Å². The molecule has 0 unspecified atom stereocenters. The van der Waals surface area contributed by atoms with Gasteiger partial charge in [0, 0.05) is 30.6 Å². The standard InChI is InChI=1S/C21H32N2O3/c1-20(2,17-8-4-5-9-18(17)25-3)22-19(24)16-21(10-6-7-11-21)23-12-14-26-15-13-23/h4-5,8-9H,6-7,10-16H2,1-3H3,(H,22,24).